The second-order valence-corrected chi connectivity index (χ2v) is 6.96. The molecule has 2 amide bonds. The van der Waals surface area contributed by atoms with Gasteiger partial charge in [-0.1, -0.05) is 34.6 Å². The predicted octanol–water partition coefficient (Wildman–Crippen LogP) is 1.88. The van der Waals surface area contributed by atoms with Gasteiger partial charge >= 0.3 is 0 Å². The molecule has 5 nitrogen and oxygen atoms in total. The van der Waals surface area contributed by atoms with Crippen LogP contribution < -0.4 is 10.8 Å². The van der Waals surface area contributed by atoms with E-state index in [1.807, 2.05) is 13.8 Å². The Hall–Kier alpha value is -1.10. The Morgan fingerprint density at radius 3 is 2.00 bits per heavy atom. The van der Waals surface area contributed by atoms with Crippen molar-refractivity contribution < 1.29 is 14.4 Å². The van der Waals surface area contributed by atoms with Crippen molar-refractivity contribution >= 4 is 11.8 Å². The third-order valence-corrected chi connectivity index (χ3v) is 2.56. The minimum Gasteiger partial charge on any atom is -0.355 e. The lowest BCUT2D eigenvalue weighted by molar-refractivity contribution is -0.148. The standard InChI is InChI=1S/C14H28N2O3/c1-10(2)8-15-12(18)14(6,7)9-19-16-11(17)13(3,4)5/h10H,8-9H2,1-7H3,(H,15,18)(H,16,17). The van der Waals surface area contributed by atoms with E-state index in [1.165, 1.54) is 0 Å². The van der Waals surface area contributed by atoms with E-state index in [0.29, 0.717) is 12.5 Å². The molecule has 0 radical (unpaired) electrons. The number of hydrogen-bond donors (Lipinski definition) is 2. The molecule has 0 rings (SSSR count). The molecule has 112 valence electrons. The van der Waals surface area contributed by atoms with Gasteiger partial charge in [0, 0.05) is 12.0 Å². The van der Waals surface area contributed by atoms with Crippen molar-refractivity contribution in [3.05, 3.63) is 0 Å². The average Bonchev–Trinajstić information content (AvgIpc) is 2.23. The summed E-state index contributed by atoms with van der Waals surface area (Å²) in [5.41, 5.74) is 1.19. The number of hydrogen-bond acceptors (Lipinski definition) is 3. The van der Waals surface area contributed by atoms with Crippen molar-refractivity contribution in [3.8, 4) is 0 Å². The fourth-order valence-corrected chi connectivity index (χ4v) is 1.04. The minimum atomic E-state index is -0.681. The van der Waals surface area contributed by atoms with Gasteiger partial charge in [-0.25, -0.2) is 5.48 Å². The van der Waals surface area contributed by atoms with Crippen LogP contribution in [0.3, 0.4) is 0 Å². The lowest BCUT2D eigenvalue weighted by Gasteiger charge is -2.25. The highest BCUT2D eigenvalue weighted by molar-refractivity contribution is 5.82. The van der Waals surface area contributed by atoms with Crippen molar-refractivity contribution in [3.63, 3.8) is 0 Å². The quantitative estimate of drug-likeness (QED) is 0.725. The molecule has 0 atom stereocenters. The number of amides is 2. The molecule has 0 spiro atoms. The van der Waals surface area contributed by atoms with E-state index in [-0.39, 0.29) is 18.4 Å². The predicted molar refractivity (Wildman–Crippen MR) is 75.2 cm³/mol. The smallest absolute Gasteiger partial charge is 0.248 e. The molecule has 0 aliphatic carbocycles. The summed E-state index contributed by atoms with van der Waals surface area (Å²) in [6.07, 6.45) is 0. The van der Waals surface area contributed by atoms with Gasteiger partial charge in [0.1, 0.15) is 0 Å². The van der Waals surface area contributed by atoms with Gasteiger partial charge in [-0.15, -0.1) is 0 Å². The first-order valence-corrected chi connectivity index (χ1v) is 6.67. The molecule has 0 heterocycles. The van der Waals surface area contributed by atoms with E-state index < -0.39 is 10.8 Å². The Kier molecular flexibility index (Phi) is 6.49. The third-order valence-electron chi connectivity index (χ3n) is 2.56. The molecule has 0 aromatic heterocycles. The minimum absolute atomic E-state index is 0.0776. The van der Waals surface area contributed by atoms with Gasteiger partial charge in [-0.05, 0) is 19.8 Å². The summed E-state index contributed by atoms with van der Waals surface area (Å²) < 4.78 is 0. The summed E-state index contributed by atoms with van der Waals surface area (Å²) in [6, 6.07) is 0. The SMILES string of the molecule is CC(C)CNC(=O)C(C)(C)CONC(=O)C(C)(C)C. The molecule has 0 aliphatic rings. The van der Waals surface area contributed by atoms with Gasteiger partial charge in [-0.2, -0.15) is 0 Å². The molecule has 0 saturated carbocycles. The zero-order chi connectivity index (χ0) is 15.3. The number of rotatable bonds is 6. The topological polar surface area (TPSA) is 67.4 Å². The molecule has 0 saturated heterocycles. The number of carbonyl (C=O) groups excluding carboxylic acids is 2. The monoisotopic (exact) mass is 272 g/mol. The molecule has 0 fully saturated rings. The van der Waals surface area contributed by atoms with Crippen LogP contribution in [0, 0.1) is 16.7 Å². The maximum absolute atomic E-state index is 11.9. The first kappa shape index (κ1) is 17.9. The van der Waals surface area contributed by atoms with E-state index in [4.69, 9.17) is 4.84 Å². The third kappa shape index (κ3) is 7.15. The van der Waals surface area contributed by atoms with Crippen molar-refractivity contribution in [1.29, 1.82) is 0 Å². The number of nitrogens with one attached hydrogen (secondary N) is 2. The van der Waals surface area contributed by atoms with Crippen LogP contribution in [0.4, 0.5) is 0 Å². The van der Waals surface area contributed by atoms with Crippen LogP contribution in [0.5, 0.6) is 0 Å². The largest absolute Gasteiger partial charge is 0.355 e. The first-order chi connectivity index (χ1) is 8.47. The normalized spacial score (nSPS) is 12.4. The highest BCUT2D eigenvalue weighted by Gasteiger charge is 2.29. The second kappa shape index (κ2) is 6.89. The van der Waals surface area contributed by atoms with E-state index >= 15 is 0 Å². The summed E-state index contributed by atoms with van der Waals surface area (Å²) in [5.74, 6) is 0.123. The summed E-state index contributed by atoms with van der Waals surface area (Å²) >= 11 is 0. The molecule has 0 unspecified atom stereocenters. The maximum Gasteiger partial charge on any atom is 0.248 e. The van der Waals surface area contributed by atoms with Crippen LogP contribution in [-0.2, 0) is 14.4 Å². The van der Waals surface area contributed by atoms with E-state index in [1.54, 1.807) is 34.6 Å². The number of hydroxylamine groups is 1. The van der Waals surface area contributed by atoms with Crippen molar-refractivity contribution in [2.45, 2.75) is 48.5 Å². The Morgan fingerprint density at radius 2 is 1.58 bits per heavy atom. The molecular weight excluding hydrogens is 244 g/mol. The lowest BCUT2D eigenvalue weighted by atomic mass is 9.93. The zero-order valence-electron chi connectivity index (χ0n) is 13.2. The van der Waals surface area contributed by atoms with Gasteiger partial charge in [0.25, 0.3) is 0 Å². The van der Waals surface area contributed by atoms with Gasteiger partial charge < -0.3 is 5.32 Å². The molecule has 0 aromatic carbocycles. The molecule has 5 heteroatoms. The van der Waals surface area contributed by atoms with Gasteiger partial charge in [0.2, 0.25) is 11.8 Å². The molecule has 0 aromatic rings. The van der Waals surface area contributed by atoms with Crippen molar-refractivity contribution in [1.82, 2.24) is 10.8 Å². The Labute approximate surface area is 116 Å². The molecule has 0 bridgehead atoms. The van der Waals surface area contributed by atoms with E-state index in [0.717, 1.165) is 0 Å². The Bertz CT molecular complexity index is 317. The molecular formula is C14H28N2O3. The molecule has 19 heavy (non-hydrogen) atoms. The molecule has 2 N–H and O–H groups in total. The van der Waals surface area contributed by atoms with Crippen LogP contribution in [-0.4, -0.2) is 25.0 Å². The summed E-state index contributed by atoms with van der Waals surface area (Å²) in [5, 5.41) is 2.86. The average molecular weight is 272 g/mol. The molecule has 0 aliphatic heterocycles. The number of carbonyl (C=O) groups is 2. The van der Waals surface area contributed by atoms with Crippen molar-refractivity contribution in [2.75, 3.05) is 13.2 Å². The second-order valence-electron chi connectivity index (χ2n) is 6.96. The van der Waals surface area contributed by atoms with Crippen molar-refractivity contribution in [2.24, 2.45) is 16.7 Å². The summed E-state index contributed by atoms with van der Waals surface area (Å²) in [7, 11) is 0. The fraction of sp³-hybridized carbons (Fsp3) is 0.857. The van der Waals surface area contributed by atoms with Crippen LogP contribution in [0.15, 0.2) is 0 Å². The Balaban J connectivity index is 4.16. The highest BCUT2D eigenvalue weighted by atomic mass is 16.7. The van der Waals surface area contributed by atoms with Crippen LogP contribution in [0.25, 0.3) is 0 Å². The van der Waals surface area contributed by atoms with Gasteiger partial charge in [0.05, 0.1) is 12.0 Å². The van der Waals surface area contributed by atoms with Crippen LogP contribution >= 0.6 is 0 Å². The first-order valence-electron chi connectivity index (χ1n) is 6.67. The van der Waals surface area contributed by atoms with Crippen LogP contribution in [0.1, 0.15) is 48.5 Å². The fourth-order valence-electron chi connectivity index (χ4n) is 1.04. The lowest BCUT2D eigenvalue weighted by Crippen LogP contribution is -2.44. The summed E-state index contributed by atoms with van der Waals surface area (Å²) in [4.78, 5) is 28.7. The highest BCUT2D eigenvalue weighted by Crippen LogP contribution is 2.16. The van der Waals surface area contributed by atoms with Gasteiger partial charge in [-0.3, -0.25) is 14.4 Å². The van der Waals surface area contributed by atoms with Gasteiger partial charge in [0.15, 0.2) is 0 Å². The maximum atomic E-state index is 11.9. The zero-order valence-corrected chi connectivity index (χ0v) is 13.2. The van der Waals surface area contributed by atoms with E-state index in [2.05, 4.69) is 10.8 Å². The Morgan fingerprint density at radius 1 is 1.05 bits per heavy atom. The van der Waals surface area contributed by atoms with E-state index in [9.17, 15) is 9.59 Å². The van der Waals surface area contributed by atoms with Crippen LogP contribution in [0.2, 0.25) is 0 Å². The summed E-state index contributed by atoms with van der Waals surface area (Å²) in [6.45, 7) is 13.8.